The van der Waals surface area contributed by atoms with Gasteiger partial charge in [-0.25, -0.2) is 0 Å². The van der Waals surface area contributed by atoms with Crippen LogP contribution in [-0.2, 0) is 4.79 Å². The molecule has 1 saturated heterocycles. The highest BCUT2D eigenvalue weighted by Gasteiger charge is 2.21. The average molecular weight is 295 g/mol. The van der Waals surface area contributed by atoms with Crippen LogP contribution in [0.5, 0.6) is 0 Å². The molecule has 0 radical (unpaired) electrons. The lowest BCUT2D eigenvalue weighted by atomic mass is 10.1. The SMILES string of the molecule is C[C@@H](C(=O)Nc1cccc(Cl)c1)N1CCCCCCC1. The largest absolute Gasteiger partial charge is 0.325 e. The second-order valence-electron chi connectivity index (χ2n) is 5.48. The first-order valence-corrected chi connectivity index (χ1v) is 7.85. The number of hydrogen-bond donors (Lipinski definition) is 1. The molecular formula is C16H23ClN2O. The first kappa shape index (κ1) is 15.3. The number of carbonyl (C=O) groups is 1. The second kappa shape index (κ2) is 7.65. The molecule has 1 atom stereocenters. The van der Waals surface area contributed by atoms with E-state index in [1.165, 1.54) is 32.1 Å². The summed E-state index contributed by atoms with van der Waals surface area (Å²) in [6.45, 7) is 4.02. The minimum Gasteiger partial charge on any atom is -0.325 e. The number of amides is 1. The van der Waals surface area contributed by atoms with E-state index in [-0.39, 0.29) is 11.9 Å². The molecule has 1 aliphatic rings. The van der Waals surface area contributed by atoms with Crippen LogP contribution in [0.1, 0.15) is 39.0 Å². The third-order valence-corrected chi connectivity index (χ3v) is 4.15. The van der Waals surface area contributed by atoms with Gasteiger partial charge in [0, 0.05) is 10.7 Å². The molecule has 1 aliphatic heterocycles. The fourth-order valence-electron chi connectivity index (χ4n) is 2.64. The summed E-state index contributed by atoms with van der Waals surface area (Å²) in [6.07, 6.45) is 6.26. The van der Waals surface area contributed by atoms with E-state index in [0.717, 1.165) is 18.8 Å². The summed E-state index contributed by atoms with van der Waals surface area (Å²) >= 11 is 5.93. The Labute approximate surface area is 126 Å². The minimum absolute atomic E-state index is 0.0489. The number of likely N-dealkylation sites (tertiary alicyclic amines) is 1. The lowest BCUT2D eigenvalue weighted by Crippen LogP contribution is -2.43. The van der Waals surface area contributed by atoms with Crippen molar-refractivity contribution in [3.63, 3.8) is 0 Å². The van der Waals surface area contributed by atoms with Gasteiger partial charge in [0.1, 0.15) is 0 Å². The number of halogens is 1. The van der Waals surface area contributed by atoms with Crippen molar-refractivity contribution in [2.75, 3.05) is 18.4 Å². The van der Waals surface area contributed by atoms with Crippen LogP contribution in [-0.4, -0.2) is 29.9 Å². The quantitative estimate of drug-likeness (QED) is 0.916. The summed E-state index contributed by atoms with van der Waals surface area (Å²) in [5, 5.41) is 3.59. The van der Waals surface area contributed by atoms with E-state index < -0.39 is 0 Å². The lowest BCUT2D eigenvalue weighted by Gasteiger charge is -2.29. The number of nitrogens with zero attached hydrogens (tertiary/aromatic N) is 1. The van der Waals surface area contributed by atoms with E-state index in [4.69, 9.17) is 11.6 Å². The molecule has 1 aromatic rings. The molecule has 0 spiro atoms. The smallest absolute Gasteiger partial charge is 0.241 e. The summed E-state index contributed by atoms with van der Waals surface area (Å²) in [7, 11) is 0. The Balaban J connectivity index is 1.93. The highest BCUT2D eigenvalue weighted by atomic mass is 35.5. The van der Waals surface area contributed by atoms with Crippen LogP contribution in [0.4, 0.5) is 5.69 Å². The van der Waals surface area contributed by atoms with Gasteiger partial charge in [-0.1, -0.05) is 36.9 Å². The first-order valence-electron chi connectivity index (χ1n) is 7.47. The molecule has 0 aromatic heterocycles. The van der Waals surface area contributed by atoms with Crippen molar-refractivity contribution in [1.29, 1.82) is 0 Å². The summed E-state index contributed by atoms with van der Waals surface area (Å²) < 4.78 is 0. The summed E-state index contributed by atoms with van der Waals surface area (Å²) in [5.74, 6) is 0.0489. The number of carbonyl (C=O) groups excluding carboxylic acids is 1. The van der Waals surface area contributed by atoms with Crippen molar-refractivity contribution in [3.05, 3.63) is 29.3 Å². The third-order valence-electron chi connectivity index (χ3n) is 3.91. The van der Waals surface area contributed by atoms with Crippen LogP contribution in [0.3, 0.4) is 0 Å². The van der Waals surface area contributed by atoms with Crippen molar-refractivity contribution in [1.82, 2.24) is 4.90 Å². The molecule has 1 fully saturated rings. The molecule has 1 amide bonds. The maximum atomic E-state index is 12.3. The van der Waals surface area contributed by atoms with E-state index >= 15 is 0 Å². The van der Waals surface area contributed by atoms with Gasteiger partial charge in [-0.15, -0.1) is 0 Å². The van der Waals surface area contributed by atoms with E-state index in [9.17, 15) is 4.79 Å². The molecule has 4 heteroatoms. The highest BCUT2D eigenvalue weighted by molar-refractivity contribution is 6.30. The van der Waals surface area contributed by atoms with Gasteiger partial charge in [0.05, 0.1) is 6.04 Å². The van der Waals surface area contributed by atoms with Crippen LogP contribution >= 0.6 is 11.6 Å². The molecule has 2 rings (SSSR count). The molecule has 1 heterocycles. The zero-order valence-electron chi connectivity index (χ0n) is 12.1. The minimum atomic E-state index is -0.0907. The van der Waals surface area contributed by atoms with Crippen molar-refractivity contribution < 1.29 is 4.79 Å². The number of hydrogen-bond acceptors (Lipinski definition) is 2. The van der Waals surface area contributed by atoms with Gasteiger partial charge in [-0.3, -0.25) is 9.69 Å². The normalized spacial score (nSPS) is 18.9. The highest BCUT2D eigenvalue weighted by Crippen LogP contribution is 2.17. The Bertz CT molecular complexity index is 442. The molecule has 20 heavy (non-hydrogen) atoms. The van der Waals surface area contributed by atoms with E-state index in [1.807, 2.05) is 19.1 Å². The zero-order valence-corrected chi connectivity index (χ0v) is 12.8. The van der Waals surface area contributed by atoms with Gasteiger partial charge in [-0.05, 0) is 51.1 Å². The van der Waals surface area contributed by atoms with Gasteiger partial charge in [0.25, 0.3) is 0 Å². The van der Waals surface area contributed by atoms with Crippen LogP contribution in [0.15, 0.2) is 24.3 Å². The van der Waals surface area contributed by atoms with Crippen molar-refractivity contribution in [2.24, 2.45) is 0 Å². The Morgan fingerprint density at radius 1 is 1.20 bits per heavy atom. The molecule has 0 bridgehead atoms. The number of benzene rings is 1. The van der Waals surface area contributed by atoms with Crippen molar-refractivity contribution >= 4 is 23.2 Å². The fraction of sp³-hybridized carbons (Fsp3) is 0.562. The number of anilines is 1. The van der Waals surface area contributed by atoms with Crippen LogP contribution in [0, 0.1) is 0 Å². The monoisotopic (exact) mass is 294 g/mol. The molecule has 110 valence electrons. The van der Waals surface area contributed by atoms with Gasteiger partial charge < -0.3 is 5.32 Å². The Kier molecular flexibility index (Phi) is 5.86. The lowest BCUT2D eigenvalue weighted by molar-refractivity contribution is -0.120. The Hall–Kier alpha value is -1.06. The van der Waals surface area contributed by atoms with Crippen molar-refractivity contribution in [3.8, 4) is 0 Å². The molecular weight excluding hydrogens is 272 g/mol. The van der Waals surface area contributed by atoms with E-state index in [1.54, 1.807) is 12.1 Å². The Morgan fingerprint density at radius 2 is 1.85 bits per heavy atom. The third kappa shape index (κ3) is 4.50. The first-order chi connectivity index (χ1) is 9.66. The van der Waals surface area contributed by atoms with Gasteiger partial charge in [-0.2, -0.15) is 0 Å². The van der Waals surface area contributed by atoms with Crippen LogP contribution < -0.4 is 5.32 Å². The van der Waals surface area contributed by atoms with Gasteiger partial charge >= 0.3 is 0 Å². The van der Waals surface area contributed by atoms with E-state index in [2.05, 4.69) is 10.2 Å². The maximum absolute atomic E-state index is 12.3. The average Bonchev–Trinajstić information content (AvgIpc) is 2.37. The topological polar surface area (TPSA) is 32.3 Å². The molecule has 0 aliphatic carbocycles. The molecule has 1 N–H and O–H groups in total. The van der Waals surface area contributed by atoms with Crippen LogP contribution in [0.2, 0.25) is 5.02 Å². The van der Waals surface area contributed by atoms with Gasteiger partial charge in [0.15, 0.2) is 0 Å². The molecule has 0 saturated carbocycles. The van der Waals surface area contributed by atoms with Crippen molar-refractivity contribution in [2.45, 2.75) is 45.1 Å². The zero-order chi connectivity index (χ0) is 14.4. The molecule has 3 nitrogen and oxygen atoms in total. The Morgan fingerprint density at radius 3 is 2.50 bits per heavy atom. The summed E-state index contributed by atoms with van der Waals surface area (Å²) in [5.41, 5.74) is 0.765. The predicted molar refractivity (Wildman–Crippen MR) is 84.2 cm³/mol. The number of nitrogens with one attached hydrogen (secondary N) is 1. The molecule has 1 aromatic carbocycles. The molecule has 0 unspecified atom stereocenters. The summed E-state index contributed by atoms with van der Waals surface area (Å²) in [4.78, 5) is 14.6. The summed E-state index contributed by atoms with van der Waals surface area (Å²) in [6, 6.07) is 7.20. The van der Waals surface area contributed by atoms with Gasteiger partial charge in [0.2, 0.25) is 5.91 Å². The predicted octanol–water partition coefficient (Wildman–Crippen LogP) is 3.93. The number of rotatable bonds is 3. The van der Waals surface area contributed by atoms with Crippen LogP contribution in [0.25, 0.3) is 0 Å². The standard InChI is InChI=1S/C16H23ClN2O/c1-13(19-10-5-3-2-4-6-11-19)16(20)18-15-9-7-8-14(17)12-15/h7-9,12-13H,2-6,10-11H2,1H3,(H,18,20)/t13-/m0/s1. The fourth-order valence-corrected chi connectivity index (χ4v) is 2.83. The maximum Gasteiger partial charge on any atom is 0.241 e. The second-order valence-corrected chi connectivity index (χ2v) is 5.92. The van der Waals surface area contributed by atoms with E-state index in [0.29, 0.717) is 5.02 Å².